The summed E-state index contributed by atoms with van der Waals surface area (Å²) in [5, 5.41) is 0. The van der Waals surface area contributed by atoms with Gasteiger partial charge in [0.1, 0.15) is 0 Å². The van der Waals surface area contributed by atoms with E-state index in [4.69, 9.17) is 5.73 Å². The van der Waals surface area contributed by atoms with Crippen molar-refractivity contribution in [3.8, 4) is 0 Å². The third-order valence-corrected chi connectivity index (χ3v) is 3.74. The quantitative estimate of drug-likeness (QED) is 0.888. The van der Waals surface area contributed by atoms with Gasteiger partial charge < -0.3 is 10.6 Å². The van der Waals surface area contributed by atoms with Gasteiger partial charge in [-0.05, 0) is 30.0 Å². The Morgan fingerprint density at radius 1 is 1.39 bits per heavy atom. The fourth-order valence-electron chi connectivity index (χ4n) is 2.50. The van der Waals surface area contributed by atoms with Crippen LogP contribution in [0.1, 0.15) is 49.8 Å². The maximum absolute atomic E-state index is 11.6. The van der Waals surface area contributed by atoms with Gasteiger partial charge in [-0.3, -0.25) is 4.79 Å². The lowest BCUT2D eigenvalue weighted by Gasteiger charge is -2.26. The Kier molecular flexibility index (Phi) is 4.02. The maximum Gasteiger partial charge on any atom is 0.227 e. The third kappa shape index (κ3) is 2.56. The molecule has 0 saturated carbocycles. The fraction of sp³-hybridized carbons (Fsp3) is 0.533. The number of aryl methyl sites for hydroxylation is 1. The minimum absolute atomic E-state index is 0.123. The summed E-state index contributed by atoms with van der Waals surface area (Å²) in [7, 11) is 1.84. The van der Waals surface area contributed by atoms with Crippen molar-refractivity contribution in [1.82, 2.24) is 0 Å². The molecule has 1 unspecified atom stereocenters. The Balaban J connectivity index is 2.20. The number of anilines is 1. The average Bonchev–Trinajstić information content (AvgIpc) is 2.40. The van der Waals surface area contributed by atoms with E-state index in [1.807, 2.05) is 13.1 Å². The second kappa shape index (κ2) is 5.53. The summed E-state index contributed by atoms with van der Waals surface area (Å²) in [5.74, 6) is 0.200. The highest BCUT2D eigenvalue weighted by atomic mass is 16.2. The highest BCUT2D eigenvalue weighted by Crippen LogP contribution is 2.29. The van der Waals surface area contributed by atoms with E-state index in [2.05, 4.69) is 19.1 Å². The highest BCUT2D eigenvalue weighted by molar-refractivity contribution is 5.95. The molecule has 1 aromatic rings. The average molecular weight is 246 g/mol. The zero-order chi connectivity index (χ0) is 13.1. The van der Waals surface area contributed by atoms with Crippen molar-refractivity contribution >= 4 is 11.6 Å². The zero-order valence-electron chi connectivity index (χ0n) is 11.3. The number of carbonyl (C=O) groups is 1. The van der Waals surface area contributed by atoms with Crippen molar-refractivity contribution in [2.24, 2.45) is 5.73 Å². The first-order chi connectivity index (χ1) is 8.63. The van der Waals surface area contributed by atoms with E-state index in [-0.39, 0.29) is 11.9 Å². The third-order valence-electron chi connectivity index (χ3n) is 3.74. The standard InChI is InChI=1S/C15H22N2O/c1-3-4-5-13(16)11-6-8-14-12(10-11)7-9-15(18)17(14)2/h6,8,10,13H,3-5,7,9,16H2,1-2H3. The smallest absolute Gasteiger partial charge is 0.227 e. The molecule has 1 heterocycles. The summed E-state index contributed by atoms with van der Waals surface area (Å²) in [6, 6.07) is 6.40. The van der Waals surface area contributed by atoms with E-state index in [1.165, 1.54) is 17.5 Å². The molecule has 3 heteroatoms. The molecule has 0 radical (unpaired) electrons. The number of carbonyl (C=O) groups excluding carboxylic acids is 1. The van der Waals surface area contributed by atoms with Crippen LogP contribution in [0.15, 0.2) is 18.2 Å². The van der Waals surface area contributed by atoms with Crippen LogP contribution in [0.5, 0.6) is 0 Å². The number of nitrogens with zero attached hydrogens (tertiary/aromatic N) is 1. The van der Waals surface area contributed by atoms with Gasteiger partial charge in [-0.15, -0.1) is 0 Å². The second-order valence-electron chi connectivity index (χ2n) is 5.09. The molecule has 18 heavy (non-hydrogen) atoms. The van der Waals surface area contributed by atoms with Gasteiger partial charge in [0.05, 0.1) is 0 Å². The van der Waals surface area contributed by atoms with Gasteiger partial charge in [0.15, 0.2) is 0 Å². The van der Waals surface area contributed by atoms with E-state index in [9.17, 15) is 4.79 Å². The summed E-state index contributed by atoms with van der Waals surface area (Å²) in [4.78, 5) is 13.4. The van der Waals surface area contributed by atoms with Gasteiger partial charge in [0.25, 0.3) is 0 Å². The van der Waals surface area contributed by atoms with Crippen molar-refractivity contribution in [3.63, 3.8) is 0 Å². The second-order valence-corrected chi connectivity index (χ2v) is 5.09. The van der Waals surface area contributed by atoms with Gasteiger partial charge in [-0.2, -0.15) is 0 Å². The number of fused-ring (bicyclic) bond motifs is 1. The first kappa shape index (κ1) is 13.1. The van der Waals surface area contributed by atoms with Crippen molar-refractivity contribution in [3.05, 3.63) is 29.3 Å². The monoisotopic (exact) mass is 246 g/mol. The van der Waals surface area contributed by atoms with E-state index in [0.717, 1.165) is 24.9 Å². The van der Waals surface area contributed by atoms with Gasteiger partial charge in [-0.1, -0.05) is 31.9 Å². The predicted octanol–water partition coefficient (Wildman–Crippen LogP) is 2.79. The number of hydrogen-bond donors (Lipinski definition) is 1. The van der Waals surface area contributed by atoms with Crippen molar-refractivity contribution in [2.45, 2.75) is 45.1 Å². The summed E-state index contributed by atoms with van der Waals surface area (Å²) in [5.41, 5.74) is 9.69. The van der Waals surface area contributed by atoms with Crippen molar-refractivity contribution in [1.29, 1.82) is 0 Å². The molecule has 0 spiro atoms. The number of benzene rings is 1. The first-order valence-electron chi connectivity index (χ1n) is 6.78. The molecular formula is C15H22N2O. The molecule has 1 aliphatic rings. The molecule has 0 aliphatic carbocycles. The summed E-state index contributed by atoms with van der Waals surface area (Å²) in [6.07, 6.45) is 4.82. The lowest BCUT2D eigenvalue weighted by Crippen LogP contribution is -2.31. The molecular weight excluding hydrogens is 224 g/mol. The van der Waals surface area contributed by atoms with Crippen molar-refractivity contribution in [2.75, 3.05) is 11.9 Å². The Morgan fingerprint density at radius 2 is 2.17 bits per heavy atom. The molecule has 2 N–H and O–H groups in total. The minimum atomic E-state index is 0.123. The maximum atomic E-state index is 11.6. The Bertz CT molecular complexity index is 442. The minimum Gasteiger partial charge on any atom is -0.324 e. The van der Waals surface area contributed by atoms with Crippen LogP contribution in [0.4, 0.5) is 5.69 Å². The lowest BCUT2D eigenvalue weighted by molar-refractivity contribution is -0.118. The van der Waals surface area contributed by atoms with Gasteiger partial charge in [0.2, 0.25) is 5.91 Å². The van der Waals surface area contributed by atoms with E-state index in [1.54, 1.807) is 4.90 Å². The van der Waals surface area contributed by atoms with Crippen LogP contribution in [-0.4, -0.2) is 13.0 Å². The molecule has 0 fully saturated rings. The molecule has 1 amide bonds. The zero-order valence-corrected chi connectivity index (χ0v) is 11.3. The van der Waals surface area contributed by atoms with E-state index >= 15 is 0 Å². The number of amides is 1. The molecule has 98 valence electrons. The van der Waals surface area contributed by atoms with Crippen LogP contribution in [0.3, 0.4) is 0 Å². The Hall–Kier alpha value is -1.35. The van der Waals surface area contributed by atoms with Crippen LogP contribution >= 0.6 is 0 Å². The fourth-order valence-corrected chi connectivity index (χ4v) is 2.50. The molecule has 3 nitrogen and oxygen atoms in total. The SMILES string of the molecule is CCCCC(N)c1ccc2c(c1)CCC(=O)N2C. The number of unbranched alkanes of at least 4 members (excludes halogenated alkanes) is 1. The van der Waals surface area contributed by atoms with Crippen LogP contribution in [0, 0.1) is 0 Å². The molecule has 1 aliphatic heterocycles. The summed E-state index contributed by atoms with van der Waals surface area (Å²) in [6.45, 7) is 2.18. The van der Waals surface area contributed by atoms with Crippen LogP contribution in [-0.2, 0) is 11.2 Å². The highest BCUT2D eigenvalue weighted by Gasteiger charge is 2.21. The number of nitrogens with two attached hydrogens (primary N) is 1. The van der Waals surface area contributed by atoms with Crippen LogP contribution < -0.4 is 10.6 Å². The van der Waals surface area contributed by atoms with E-state index in [0.29, 0.717) is 6.42 Å². The van der Waals surface area contributed by atoms with Crippen LogP contribution in [0.25, 0.3) is 0 Å². The molecule has 2 rings (SSSR count). The van der Waals surface area contributed by atoms with E-state index < -0.39 is 0 Å². The van der Waals surface area contributed by atoms with Gasteiger partial charge in [0, 0.05) is 25.2 Å². The molecule has 1 aromatic carbocycles. The van der Waals surface area contributed by atoms with Gasteiger partial charge >= 0.3 is 0 Å². The lowest BCUT2D eigenvalue weighted by atomic mass is 9.95. The molecule has 0 saturated heterocycles. The number of hydrogen-bond acceptors (Lipinski definition) is 2. The number of rotatable bonds is 4. The Labute approximate surface area is 109 Å². The van der Waals surface area contributed by atoms with Crippen molar-refractivity contribution < 1.29 is 4.79 Å². The molecule has 0 aromatic heterocycles. The first-order valence-corrected chi connectivity index (χ1v) is 6.78. The summed E-state index contributed by atoms with van der Waals surface area (Å²) < 4.78 is 0. The largest absolute Gasteiger partial charge is 0.324 e. The topological polar surface area (TPSA) is 46.3 Å². The molecule has 1 atom stereocenters. The normalized spacial score (nSPS) is 16.6. The Morgan fingerprint density at radius 3 is 2.89 bits per heavy atom. The summed E-state index contributed by atoms with van der Waals surface area (Å²) >= 11 is 0. The predicted molar refractivity (Wildman–Crippen MR) is 74.6 cm³/mol. The van der Waals surface area contributed by atoms with Crippen LogP contribution in [0.2, 0.25) is 0 Å². The van der Waals surface area contributed by atoms with Gasteiger partial charge in [-0.25, -0.2) is 0 Å². The molecule has 0 bridgehead atoms.